The van der Waals surface area contributed by atoms with E-state index in [0.29, 0.717) is 35.1 Å². The number of carbonyl (C=O) groups excluding carboxylic acids is 1. The SMILES string of the molecule is CC(=Nc1ccc(-c2ccc(N3C[C@H](CNc4ccno4)OC3=O)cc2F)cn1)NO. The summed E-state index contributed by atoms with van der Waals surface area (Å²) < 4.78 is 25.1. The Morgan fingerprint density at radius 1 is 1.35 bits per heavy atom. The molecule has 10 nitrogen and oxygen atoms in total. The quantitative estimate of drug-likeness (QED) is 0.311. The number of halogens is 1. The van der Waals surface area contributed by atoms with Crippen molar-refractivity contribution < 1.29 is 23.7 Å². The molecule has 11 heteroatoms. The number of anilines is 2. The van der Waals surface area contributed by atoms with Gasteiger partial charge in [-0.25, -0.2) is 19.2 Å². The van der Waals surface area contributed by atoms with Crippen molar-refractivity contribution >= 4 is 29.3 Å². The summed E-state index contributed by atoms with van der Waals surface area (Å²) >= 11 is 0. The lowest BCUT2D eigenvalue weighted by atomic mass is 10.1. The normalized spacial score (nSPS) is 16.4. The Labute approximate surface area is 176 Å². The fourth-order valence-corrected chi connectivity index (χ4v) is 3.07. The van der Waals surface area contributed by atoms with Crippen LogP contribution in [-0.4, -0.2) is 46.5 Å². The summed E-state index contributed by atoms with van der Waals surface area (Å²) in [5, 5.41) is 15.4. The Morgan fingerprint density at radius 3 is 2.90 bits per heavy atom. The number of aliphatic imine (C=N–C) groups is 1. The fraction of sp³-hybridized carbons (Fsp3) is 0.200. The van der Waals surface area contributed by atoms with Crippen LogP contribution in [0.2, 0.25) is 0 Å². The molecule has 0 saturated carbocycles. The summed E-state index contributed by atoms with van der Waals surface area (Å²) in [4.78, 5) is 21.8. The number of amides is 1. The van der Waals surface area contributed by atoms with E-state index in [1.54, 1.807) is 37.3 Å². The number of nitrogens with zero attached hydrogens (tertiary/aromatic N) is 4. The van der Waals surface area contributed by atoms with Gasteiger partial charge in [0, 0.05) is 23.4 Å². The molecule has 3 heterocycles. The molecule has 3 N–H and O–H groups in total. The zero-order valence-corrected chi connectivity index (χ0v) is 16.4. The Morgan fingerprint density at radius 2 is 2.23 bits per heavy atom. The van der Waals surface area contributed by atoms with Crippen molar-refractivity contribution in [1.29, 1.82) is 0 Å². The number of rotatable bonds is 6. The number of ether oxygens (including phenoxy) is 1. The van der Waals surface area contributed by atoms with Crippen molar-refractivity contribution in [3.05, 3.63) is 54.6 Å². The van der Waals surface area contributed by atoms with Crippen LogP contribution < -0.4 is 15.7 Å². The van der Waals surface area contributed by atoms with Gasteiger partial charge in [-0.05, 0) is 37.3 Å². The minimum absolute atomic E-state index is 0.269. The lowest BCUT2D eigenvalue weighted by Crippen LogP contribution is -2.27. The standard InChI is InChI=1S/C20H19FN6O4/c1-12(26-29)25-18-5-2-13(9-22-18)16-4-3-14(8-17(16)21)27-11-15(30-20(27)28)10-23-19-6-7-24-31-19/h2-9,15,23,29H,10-11H2,1H3,(H,22,25,26)/t15-/m0/s1. The largest absolute Gasteiger partial charge is 0.442 e. The van der Waals surface area contributed by atoms with E-state index in [1.165, 1.54) is 23.4 Å². The molecule has 0 bridgehead atoms. The molecule has 0 unspecified atom stereocenters. The van der Waals surface area contributed by atoms with Crippen LogP contribution in [0, 0.1) is 5.82 Å². The maximum atomic E-state index is 14.8. The van der Waals surface area contributed by atoms with E-state index in [9.17, 15) is 9.18 Å². The summed E-state index contributed by atoms with van der Waals surface area (Å²) in [6.07, 6.45) is 2.02. The summed E-state index contributed by atoms with van der Waals surface area (Å²) in [6.45, 7) is 2.18. The van der Waals surface area contributed by atoms with Crippen LogP contribution in [0.3, 0.4) is 0 Å². The highest BCUT2D eigenvalue weighted by Crippen LogP contribution is 2.29. The van der Waals surface area contributed by atoms with Gasteiger partial charge in [0.25, 0.3) is 0 Å². The predicted octanol–water partition coefficient (Wildman–Crippen LogP) is 3.34. The summed E-state index contributed by atoms with van der Waals surface area (Å²) in [5.74, 6) is 0.616. The van der Waals surface area contributed by atoms with Crippen LogP contribution in [0.4, 0.5) is 26.6 Å². The van der Waals surface area contributed by atoms with E-state index >= 15 is 0 Å². The molecule has 0 spiro atoms. The van der Waals surface area contributed by atoms with Gasteiger partial charge in [0.1, 0.15) is 17.8 Å². The molecule has 0 aliphatic carbocycles. The minimum atomic E-state index is -0.548. The zero-order valence-electron chi connectivity index (χ0n) is 16.4. The highest BCUT2D eigenvalue weighted by atomic mass is 19.1. The molecule has 1 amide bonds. The van der Waals surface area contributed by atoms with E-state index in [1.807, 2.05) is 5.48 Å². The third kappa shape index (κ3) is 4.61. The smallest absolute Gasteiger partial charge is 0.414 e. The molecule has 0 radical (unpaired) electrons. The average molecular weight is 426 g/mol. The number of hydroxylamine groups is 1. The second-order valence-electron chi connectivity index (χ2n) is 6.75. The first-order valence-corrected chi connectivity index (χ1v) is 9.37. The second kappa shape index (κ2) is 8.79. The number of amidine groups is 1. The first-order chi connectivity index (χ1) is 15.0. The van der Waals surface area contributed by atoms with Crippen LogP contribution in [-0.2, 0) is 4.74 Å². The first-order valence-electron chi connectivity index (χ1n) is 9.37. The minimum Gasteiger partial charge on any atom is -0.442 e. The predicted molar refractivity (Wildman–Crippen MR) is 110 cm³/mol. The number of hydrogen-bond donors (Lipinski definition) is 3. The van der Waals surface area contributed by atoms with Crippen molar-refractivity contribution in [3.8, 4) is 11.1 Å². The number of hydrogen-bond acceptors (Lipinski definition) is 8. The van der Waals surface area contributed by atoms with Crippen LogP contribution in [0.15, 0.2) is 58.3 Å². The number of pyridine rings is 1. The van der Waals surface area contributed by atoms with Crippen molar-refractivity contribution in [2.75, 3.05) is 23.3 Å². The molecular formula is C20H19FN6O4. The van der Waals surface area contributed by atoms with Gasteiger partial charge in [-0.15, -0.1) is 0 Å². The molecule has 1 fully saturated rings. The van der Waals surface area contributed by atoms with Gasteiger partial charge in [-0.2, -0.15) is 0 Å². The third-order valence-corrected chi connectivity index (χ3v) is 4.58. The number of carbonyl (C=O) groups is 1. The molecule has 1 aliphatic heterocycles. The Bertz CT molecular complexity index is 1090. The van der Waals surface area contributed by atoms with Gasteiger partial charge in [0.05, 0.1) is 25.0 Å². The number of benzene rings is 1. The Kier molecular flexibility index (Phi) is 5.76. The topological polar surface area (TPSA) is 125 Å². The monoisotopic (exact) mass is 426 g/mol. The Balaban J connectivity index is 1.45. The molecule has 1 saturated heterocycles. The first kappa shape index (κ1) is 20.3. The number of aromatic nitrogens is 2. The van der Waals surface area contributed by atoms with E-state index < -0.39 is 18.0 Å². The second-order valence-corrected chi connectivity index (χ2v) is 6.75. The van der Waals surface area contributed by atoms with Crippen LogP contribution >= 0.6 is 0 Å². The van der Waals surface area contributed by atoms with Gasteiger partial charge in [-0.1, -0.05) is 5.16 Å². The van der Waals surface area contributed by atoms with Gasteiger partial charge >= 0.3 is 6.09 Å². The van der Waals surface area contributed by atoms with Gasteiger partial charge in [-0.3, -0.25) is 15.6 Å². The van der Waals surface area contributed by atoms with E-state index in [0.717, 1.165) is 0 Å². The highest BCUT2D eigenvalue weighted by Gasteiger charge is 2.32. The molecule has 1 aliphatic rings. The van der Waals surface area contributed by atoms with E-state index in [-0.39, 0.29) is 12.4 Å². The van der Waals surface area contributed by atoms with Crippen molar-refractivity contribution in [2.24, 2.45) is 4.99 Å². The molecule has 2 aromatic heterocycles. The van der Waals surface area contributed by atoms with Crippen LogP contribution in [0.25, 0.3) is 11.1 Å². The van der Waals surface area contributed by atoms with Crippen molar-refractivity contribution in [2.45, 2.75) is 13.0 Å². The lowest BCUT2D eigenvalue weighted by Gasteiger charge is -2.14. The van der Waals surface area contributed by atoms with E-state index in [4.69, 9.17) is 14.5 Å². The van der Waals surface area contributed by atoms with Crippen molar-refractivity contribution in [1.82, 2.24) is 15.6 Å². The molecule has 3 aromatic rings. The lowest BCUT2D eigenvalue weighted by molar-refractivity contribution is 0.146. The molecular weight excluding hydrogens is 407 g/mol. The highest BCUT2D eigenvalue weighted by molar-refractivity contribution is 5.90. The Hall–Kier alpha value is -3.99. The summed E-state index contributed by atoms with van der Waals surface area (Å²) in [5.41, 5.74) is 3.20. The van der Waals surface area contributed by atoms with Gasteiger partial charge in [0.15, 0.2) is 5.82 Å². The number of nitrogens with one attached hydrogen (secondary N) is 2. The number of cyclic esters (lactones) is 1. The van der Waals surface area contributed by atoms with Crippen LogP contribution in [0.5, 0.6) is 0 Å². The van der Waals surface area contributed by atoms with E-state index in [2.05, 4.69) is 20.4 Å². The van der Waals surface area contributed by atoms with Crippen LogP contribution in [0.1, 0.15) is 6.92 Å². The summed E-state index contributed by atoms with van der Waals surface area (Å²) in [6, 6.07) is 9.45. The zero-order chi connectivity index (χ0) is 21.8. The fourth-order valence-electron chi connectivity index (χ4n) is 3.07. The molecule has 31 heavy (non-hydrogen) atoms. The maximum Gasteiger partial charge on any atom is 0.414 e. The maximum absolute atomic E-state index is 14.8. The van der Waals surface area contributed by atoms with Crippen molar-refractivity contribution in [3.63, 3.8) is 0 Å². The summed E-state index contributed by atoms with van der Waals surface area (Å²) in [7, 11) is 0. The molecule has 160 valence electrons. The third-order valence-electron chi connectivity index (χ3n) is 4.58. The average Bonchev–Trinajstić information content (AvgIpc) is 3.42. The van der Waals surface area contributed by atoms with Gasteiger partial charge < -0.3 is 14.6 Å². The van der Waals surface area contributed by atoms with Gasteiger partial charge in [0.2, 0.25) is 5.88 Å². The molecule has 1 aromatic carbocycles. The molecule has 1 atom stereocenters. The molecule has 4 rings (SSSR count).